The number of carbonyl (C=O) groups excluding carboxylic acids is 2. The number of amides is 3. The molecule has 3 amide bonds. The van der Waals surface area contributed by atoms with Gasteiger partial charge in [0.05, 0.1) is 19.8 Å². The molecule has 1 saturated heterocycles. The lowest BCUT2D eigenvalue weighted by Crippen LogP contribution is -2.72. The van der Waals surface area contributed by atoms with Gasteiger partial charge in [0, 0.05) is 16.9 Å². The lowest BCUT2D eigenvalue weighted by atomic mass is 9.78. The van der Waals surface area contributed by atoms with Gasteiger partial charge in [-0.15, -0.1) is 0 Å². The molecule has 0 aliphatic carbocycles. The van der Waals surface area contributed by atoms with Gasteiger partial charge in [-0.1, -0.05) is 29.8 Å². The van der Waals surface area contributed by atoms with Crippen molar-refractivity contribution in [2.45, 2.75) is 39.5 Å². The Morgan fingerprint density at radius 1 is 1.14 bits per heavy atom. The van der Waals surface area contributed by atoms with Crippen LogP contribution >= 0.6 is 0 Å². The van der Waals surface area contributed by atoms with Crippen molar-refractivity contribution in [2.75, 3.05) is 23.9 Å². The van der Waals surface area contributed by atoms with E-state index < -0.39 is 17.7 Å². The average molecular weight is 502 g/mol. The number of urea groups is 1. The predicted molar refractivity (Wildman–Crippen MR) is 141 cm³/mol. The Bertz CT molecular complexity index is 1360. The van der Waals surface area contributed by atoms with E-state index in [9.17, 15) is 9.59 Å². The first-order valence-electron chi connectivity index (χ1n) is 12.3. The van der Waals surface area contributed by atoms with E-state index in [-0.39, 0.29) is 11.9 Å². The van der Waals surface area contributed by atoms with E-state index in [0.717, 1.165) is 11.1 Å². The van der Waals surface area contributed by atoms with Crippen molar-refractivity contribution in [3.05, 3.63) is 77.4 Å². The zero-order chi connectivity index (χ0) is 26.3. The van der Waals surface area contributed by atoms with Gasteiger partial charge in [0.1, 0.15) is 11.7 Å². The van der Waals surface area contributed by atoms with Gasteiger partial charge in [0.25, 0.3) is 0 Å². The number of nitrogens with zero attached hydrogens (tertiary/aromatic N) is 1. The first-order valence-corrected chi connectivity index (χ1v) is 12.3. The van der Waals surface area contributed by atoms with Crippen molar-refractivity contribution in [1.82, 2.24) is 5.32 Å². The Labute approximate surface area is 216 Å². The zero-order valence-corrected chi connectivity index (χ0v) is 21.6. The molecule has 3 aromatic carbocycles. The van der Waals surface area contributed by atoms with E-state index in [2.05, 4.69) is 10.6 Å². The van der Waals surface area contributed by atoms with Crippen LogP contribution in [0.5, 0.6) is 17.2 Å². The molecule has 8 nitrogen and oxygen atoms in total. The number of ether oxygens (including phenoxy) is 3. The Hall–Kier alpha value is -4.20. The maximum absolute atomic E-state index is 14.0. The second-order valence-electron chi connectivity index (χ2n) is 9.51. The maximum Gasteiger partial charge on any atom is 0.325 e. The minimum Gasteiger partial charge on any atom is -0.494 e. The van der Waals surface area contributed by atoms with Crippen molar-refractivity contribution in [3.63, 3.8) is 0 Å². The molecule has 192 valence electrons. The van der Waals surface area contributed by atoms with Gasteiger partial charge < -0.3 is 24.8 Å². The van der Waals surface area contributed by atoms with Crippen LogP contribution in [0.2, 0.25) is 0 Å². The number of methoxy groups -OCH3 is 1. The van der Waals surface area contributed by atoms with E-state index in [4.69, 9.17) is 14.2 Å². The molecule has 2 aliphatic heterocycles. The van der Waals surface area contributed by atoms with Crippen molar-refractivity contribution in [1.29, 1.82) is 0 Å². The standard InChI is InChI=1S/C29H31N3O5/c1-6-36-20-13-11-19(12-14-20)32-28(34)31-25-21-8-7-9-23(35-5)26(21)37-29(32,4)24(25)27(33)30-22-15-10-17(2)16-18(22)3/h7-16,24-25H,6H2,1-5H3,(H,30,33)(H,31,34). The minimum absolute atomic E-state index is 0.260. The fourth-order valence-electron chi connectivity index (χ4n) is 5.34. The molecular weight excluding hydrogens is 470 g/mol. The van der Waals surface area contributed by atoms with Gasteiger partial charge in [0.2, 0.25) is 11.6 Å². The van der Waals surface area contributed by atoms with Crippen LogP contribution in [0.4, 0.5) is 16.2 Å². The van der Waals surface area contributed by atoms with Crippen LogP contribution in [0.15, 0.2) is 60.7 Å². The molecule has 3 aromatic rings. The summed E-state index contributed by atoms with van der Waals surface area (Å²) in [5.41, 5.74) is 2.68. The van der Waals surface area contributed by atoms with Crippen LogP contribution < -0.4 is 29.7 Å². The third-order valence-electron chi connectivity index (χ3n) is 7.04. The fraction of sp³-hybridized carbons (Fsp3) is 0.310. The molecular formula is C29H31N3O5. The normalized spacial score (nSPS) is 21.9. The topological polar surface area (TPSA) is 89.1 Å². The number of hydrogen-bond acceptors (Lipinski definition) is 5. The molecule has 0 aromatic heterocycles. The maximum atomic E-state index is 14.0. The lowest BCUT2D eigenvalue weighted by molar-refractivity contribution is -0.131. The summed E-state index contributed by atoms with van der Waals surface area (Å²) in [6.45, 7) is 8.18. The number of benzene rings is 3. The molecule has 37 heavy (non-hydrogen) atoms. The summed E-state index contributed by atoms with van der Waals surface area (Å²) in [4.78, 5) is 29.0. The molecule has 2 bridgehead atoms. The van der Waals surface area contributed by atoms with Crippen molar-refractivity contribution in [2.24, 2.45) is 5.92 Å². The van der Waals surface area contributed by atoms with Crippen LogP contribution in [0, 0.1) is 19.8 Å². The van der Waals surface area contributed by atoms with Crippen molar-refractivity contribution < 1.29 is 23.8 Å². The smallest absolute Gasteiger partial charge is 0.325 e. The Morgan fingerprint density at radius 2 is 1.89 bits per heavy atom. The van der Waals surface area contributed by atoms with Crippen LogP contribution in [-0.4, -0.2) is 31.4 Å². The molecule has 2 aliphatic rings. The largest absolute Gasteiger partial charge is 0.494 e. The van der Waals surface area contributed by atoms with E-state index in [0.29, 0.717) is 40.8 Å². The summed E-state index contributed by atoms with van der Waals surface area (Å²) in [5, 5.41) is 6.15. The number of fused-ring (bicyclic) bond motifs is 4. The van der Waals surface area contributed by atoms with E-state index >= 15 is 0 Å². The number of nitrogens with one attached hydrogen (secondary N) is 2. The highest BCUT2D eigenvalue weighted by Crippen LogP contribution is 2.52. The third-order valence-corrected chi connectivity index (χ3v) is 7.04. The number of carbonyl (C=O) groups is 2. The minimum atomic E-state index is -1.36. The summed E-state index contributed by atoms with van der Waals surface area (Å²) in [7, 11) is 1.57. The highest BCUT2D eigenvalue weighted by molar-refractivity contribution is 6.01. The molecule has 3 atom stereocenters. The Balaban J connectivity index is 1.61. The van der Waals surface area contributed by atoms with Gasteiger partial charge in [0.15, 0.2) is 11.5 Å². The number of aryl methyl sites for hydroxylation is 2. The Morgan fingerprint density at radius 3 is 2.57 bits per heavy atom. The molecule has 0 spiro atoms. The average Bonchev–Trinajstić information content (AvgIpc) is 2.86. The number of anilines is 2. The summed E-state index contributed by atoms with van der Waals surface area (Å²) < 4.78 is 17.7. The van der Waals surface area contributed by atoms with E-state index in [1.165, 1.54) is 4.90 Å². The molecule has 0 saturated carbocycles. The van der Waals surface area contributed by atoms with E-state index in [1.807, 2.05) is 51.1 Å². The zero-order valence-electron chi connectivity index (χ0n) is 21.6. The SMILES string of the molecule is CCOc1ccc(N2C(=O)NC3c4cccc(OC)c4OC2(C)C3C(=O)Nc2ccc(C)cc2C)cc1. The van der Waals surface area contributed by atoms with Gasteiger partial charge >= 0.3 is 6.03 Å². The monoisotopic (exact) mass is 501 g/mol. The van der Waals surface area contributed by atoms with Gasteiger partial charge in [-0.05, 0) is 69.7 Å². The van der Waals surface area contributed by atoms with Crippen LogP contribution in [0.1, 0.15) is 36.6 Å². The molecule has 3 unspecified atom stereocenters. The summed E-state index contributed by atoms with van der Waals surface area (Å²) in [5.74, 6) is 0.683. The first kappa shape index (κ1) is 24.5. The summed E-state index contributed by atoms with van der Waals surface area (Å²) in [6, 6.07) is 17.5. The van der Waals surface area contributed by atoms with E-state index in [1.54, 1.807) is 44.4 Å². The molecule has 1 fully saturated rings. The summed E-state index contributed by atoms with van der Waals surface area (Å²) >= 11 is 0. The first-order chi connectivity index (χ1) is 17.8. The molecule has 2 heterocycles. The van der Waals surface area contributed by atoms with Crippen LogP contribution in [0.3, 0.4) is 0 Å². The van der Waals surface area contributed by atoms with Gasteiger partial charge in [-0.3, -0.25) is 9.69 Å². The van der Waals surface area contributed by atoms with Crippen LogP contribution in [0.25, 0.3) is 0 Å². The highest BCUT2D eigenvalue weighted by atomic mass is 16.5. The summed E-state index contributed by atoms with van der Waals surface area (Å²) in [6.07, 6.45) is 0. The lowest BCUT2D eigenvalue weighted by Gasteiger charge is -2.54. The van der Waals surface area contributed by atoms with Crippen molar-refractivity contribution in [3.8, 4) is 17.2 Å². The second-order valence-corrected chi connectivity index (χ2v) is 9.51. The molecule has 0 radical (unpaired) electrons. The highest BCUT2D eigenvalue weighted by Gasteiger charge is 2.60. The molecule has 2 N–H and O–H groups in total. The fourth-order valence-corrected chi connectivity index (χ4v) is 5.34. The third kappa shape index (κ3) is 4.12. The quantitative estimate of drug-likeness (QED) is 0.476. The van der Waals surface area contributed by atoms with Crippen LogP contribution in [-0.2, 0) is 4.79 Å². The number of para-hydroxylation sites is 1. The number of hydrogen-bond donors (Lipinski definition) is 2. The Kier molecular flexibility index (Phi) is 6.19. The van der Waals surface area contributed by atoms with Gasteiger partial charge in [-0.2, -0.15) is 0 Å². The number of rotatable bonds is 6. The predicted octanol–water partition coefficient (Wildman–Crippen LogP) is 5.35. The molecule has 8 heteroatoms. The van der Waals surface area contributed by atoms with Crippen molar-refractivity contribution >= 4 is 23.3 Å². The second kappa shape index (κ2) is 9.35. The molecule has 5 rings (SSSR count). The van der Waals surface area contributed by atoms with Gasteiger partial charge in [-0.25, -0.2) is 4.79 Å².